The summed E-state index contributed by atoms with van der Waals surface area (Å²) >= 11 is 0. The fourth-order valence-electron chi connectivity index (χ4n) is 2.86. The predicted octanol–water partition coefficient (Wildman–Crippen LogP) is 2.06. The maximum Gasteiger partial charge on any atom is 0.308 e. The summed E-state index contributed by atoms with van der Waals surface area (Å²) in [6.07, 6.45) is 7.16. The second-order valence-corrected chi connectivity index (χ2v) is 5.51. The van der Waals surface area contributed by atoms with Gasteiger partial charge in [0.15, 0.2) is 0 Å². The van der Waals surface area contributed by atoms with Gasteiger partial charge in [0, 0.05) is 19.5 Å². The van der Waals surface area contributed by atoms with Crippen molar-refractivity contribution in [2.45, 2.75) is 39.0 Å². The molecule has 0 bridgehead atoms. The molecule has 100 valence electrons. The molecular weight excluding hydrogens is 230 g/mol. The first kappa shape index (κ1) is 13.1. The summed E-state index contributed by atoms with van der Waals surface area (Å²) in [6, 6.07) is 0. The van der Waals surface area contributed by atoms with Gasteiger partial charge < -0.3 is 10.0 Å². The summed E-state index contributed by atoms with van der Waals surface area (Å²) in [7, 11) is 0. The number of rotatable bonds is 3. The van der Waals surface area contributed by atoms with Crippen LogP contribution in [-0.2, 0) is 9.59 Å². The van der Waals surface area contributed by atoms with Crippen LogP contribution in [0.25, 0.3) is 0 Å². The van der Waals surface area contributed by atoms with Gasteiger partial charge in [-0.1, -0.05) is 18.6 Å². The lowest BCUT2D eigenvalue weighted by molar-refractivity contribution is -0.142. The molecule has 4 nitrogen and oxygen atoms in total. The molecule has 2 rings (SSSR count). The Morgan fingerprint density at radius 2 is 2.17 bits per heavy atom. The first-order valence-corrected chi connectivity index (χ1v) is 6.76. The Morgan fingerprint density at radius 3 is 2.72 bits per heavy atom. The van der Waals surface area contributed by atoms with Gasteiger partial charge in [-0.25, -0.2) is 0 Å². The number of carbonyl (C=O) groups is 2. The fraction of sp³-hybridized carbons (Fsp3) is 0.714. The van der Waals surface area contributed by atoms with Crippen LogP contribution >= 0.6 is 0 Å². The van der Waals surface area contributed by atoms with E-state index in [2.05, 4.69) is 6.08 Å². The van der Waals surface area contributed by atoms with Crippen molar-refractivity contribution in [2.24, 2.45) is 11.8 Å². The van der Waals surface area contributed by atoms with Gasteiger partial charge in [-0.2, -0.15) is 0 Å². The van der Waals surface area contributed by atoms with E-state index in [-0.39, 0.29) is 11.8 Å². The fourth-order valence-corrected chi connectivity index (χ4v) is 2.86. The lowest BCUT2D eigenvalue weighted by Crippen LogP contribution is -2.30. The summed E-state index contributed by atoms with van der Waals surface area (Å²) in [5.74, 6) is -1.02. The zero-order valence-corrected chi connectivity index (χ0v) is 10.9. The van der Waals surface area contributed by atoms with Crippen LogP contribution in [0.15, 0.2) is 11.6 Å². The van der Waals surface area contributed by atoms with Crippen molar-refractivity contribution in [3.63, 3.8) is 0 Å². The number of carboxylic acids is 1. The third kappa shape index (κ3) is 2.92. The van der Waals surface area contributed by atoms with E-state index < -0.39 is 11.9 Å². The molecule has 1 amide bonds. The highest BCUT2D eigenvalue weighted by atomic mass is 16.4. The smallest absolute Gasteiger partial charge is 0.308 e. The number of aliphatic carboxylic acids is 1. The molecule has 0 aromatic heterocycles. The molecule has 0 radical (unpaired) electrons. The minimum Gasteiger partial charge on any atom is -0.481 e. The minimum atomic E-state index is -0.783. The lowest BCUT2D eigenvalue weighted by atomic mass is 9.97. The zero-order chi connectivity index (χ0) is 13.1. The van der Waals surface area contributed by atoms with Crippen molar-refractivity contribution in [1.82, 2.24) is 4.90 Å². The topological polar surface area (TPSA) is 57.6 Å². The summed E-state index contributed by atoms with van der Waals surface area (Å²) in [6.45, 7) is 2.87. The van der Waals surface area contributed by atoms with Crippen molar-refractivity contribution < 1.29 is 14.7 Å². The number of hydrogen-bond acceptors (Lipinski definition) is 2. The first-order valence-electron chi connectivity index (χ1n) is 6.76. The first-order chi connectivity index (χ1) is 8.58. The van der Waals surface area contributed by atoms with Crippen LogP contribution in [-0.4, -0.2) is 35.0 Å². The Balaban J connectivity index is 1.90. The van der Waals surface area contributed by atoms with E-state index in [9.17, 15) is 9.59 Å². The lowest BCUT2D eigenvalue weighted by Gasteiger charge is -2.18. The van der Waals surface area contributed by atoms with E-state index in [1.165, 1.54) is 18.4 Å². The van der Waals surface area contributed by atoms with Gasteiger partial charge in [0.05, 0.1) is 5.92 Å². The average molecular weight is 251 g/mol. The van der Waals surface area contributed by atoms with Crippen molar-refractivity contribution in [2.75, 3.05) is 13.1 Å². The highest BCUT2D eigenvalue weighted by Gasteiger charge is 2.36. The number of likely N-dealkylation sites (tertiary alicyclic amines) is 1. The van der Waals surface area contributed by atoms with E-state index in [4.69, 9.17) is 5.11 Å². The van der Waals surface area contributed by atoms with E-state index in [1.54, 1.807) is 4.90 Å². The van der Waals surface area contributed by atoms with Crippen LogP contribution in [0, 0.1) is 11.8 Å². The van der Waals surface area contributed by atoms with Crippen LogP contribution < -0.4 is 0 Å². The number of nitrogens with zero attached hydrogens (tertiary/aromatic N) is 1. The molecule has 2 aliphatic rings. The molecule has 1 aliphatic carbocycles. The predicted molar refractivity (Wildman–Crippen MR) is 68.0 cm³/mol. The molecule has 0 saturated carbocycles. The molecular formula is C14H21NO3. The molecule has 0 spiro atoms. The van der Waals surface area contributed by atoms with Crippen molar-refractivity contribution in [3.8, 4) is 0 Å². The number of hydrogen-bond donors (Lipinski definition) is 1. The second kappa shape index (κ2) is 5.55. The quantitative estimate of drug-likeness (QED) is 0.781. The summed E-state index contributed by atoms with van der Waals surface area (Å²) in [5, 5.41) is 9.06. The maximum atomic E-state index is 12.1. The number of carbonyl (C=O) groups excluding carboxylic acids is 1. The molecule has 0 aromatic rings. The second-order valence-electron chi connectivity index (χ2n) is 5.51. The van der Waals surface area contributed by atoms with Crippen molar-refractivity contribution in [1.29, 1.82) is 0 Å². The third-order valence-corrected chi connectivity index (χ3v) is 4.05. The zero-order valence-electron chi connectivity index (χ0n) is 10.9. The Labute approximate surface area is 108 Å². The van der Waals surface area contributed by atoms with Crippen molar-refractivity contribution >= 4 is 11.9 Å². The largest absolute Gasteiger partial charge is 0.481 e. The van der Waals surface area contributed by atoms with Crippen LogP contribution in [0.4, 0.5) is 0 Å². The molecule has 2 atom stereocenters. The van der Waals surface area contributed by atoms with E-state index >= 15 is 0 Å². The van der Waals surface area contributed by atoms with E-state index in [0.717, 1.165) is 12.8 Å². The van der Waals surface area contributed by atoms with E-state index in [1.807, 2.05) is 6.92 Å². The molecule has 0 aromatic carbocycles. The summed E-state index contributed by atoms with van der Waals surface area (Å²) in [4.78, 5) is 24.9. The number of allylic oxidation sites excluding steroid dienone is 1. The highest BCUT2D eigenvalue weighted by molar-refractivity contribution is 5.80. The molecule has 1 saturated heterocycles. The van der Waals surface area contributed by atoms with Crippen LogP contribution in [0.3, 0.4) is 0 Å². The Morgan fingerprint density at radius 1 is 1.39 bits per heavy atom. The minimum absolute atomic E-state index is 0.0618. The van der Waals surface area contributed by atoms with Gasteiger partial charge in [-0.15, -0.1) is 0 Å². The highest BCUT2D eigenvalue weighted by Crippen LogP contribution is 2.26. The van der Waals surface area contributed by atoms with Crippen LogP contribution in [0.2, 0.25) is 0 Å². The van der Waals surface area contributed by atoms with Gasteiger partial charge in [0.2, 0.25) is 5.91 Å². The Bertz CT molecular complexity index is 375. The number of carboxylic acid groups (broad SMARTS) is 1. The van der Waals surface area contributed by atoms with Crippen molar-refractivity contribution in [3.05, 3.63) is 11.6 Å². The molecule has 1 heterocycles. The van der Waals surface area contributed by atoms with Crippen LogP contribution in [0.1, 0.15) is 39.0 Å². The standard InChI is InChI=1S/C14H21NO3/c1-10-8-15(9-12(10)14(17)18)13(16)7-11-5-3-2-4-6-11/h5,10,12H,2-4,6-9H2,1H3,(H,17,18). The monoisotopic (exact) mass is 251 g/mol. The summed E-state index contributed by atoms with van der Waals surface area (Å²) in [5.41, 5.74) is 1.23. The van der Waals surface area contributed by atoms with Gasteiger partial charge in [-0.05, 0) is 31.6 Å². The maximum absolute atomic E-state index is 12.1. The van der Waals surface area contributed by atoms with Crippen LogP contribution in [0.5, 0.6) is 0 Å². The molecule has 18 heavy (non-hydrogen) atoms. The molecule has 1 aliphatic heterocycles. The van der Waals surface area contributed by atoms with Gasteiger partial charge in [0.1, 0.15) is 0 Å². The molecule has 1 fully saturated rings. The summed E-state index contributed by atoms with van der Waals surface area (Å²) < 4.78 is 0. The third-order valence-electron chi connectivity index (χ3n) is 4.05. The molecule has 1 N–H and O–H groups in total. The SMILES string of the molecule is CC1CN(C(=O)CC2=CCCCC2)CC1C(=O)O. The Hall–Kier alpha value is -1.32. The Kier molecular flexibility index (Phi) is 4.04. The normalized spacial score (nSPS) is 28.1. The van der Waals surface area contributed by atoms with E-state index in [0.29, 0.717) is 19.5 Å². The molecule has 4 heteroatoms. The molecule has 2 unspecified atom stereocenters. The number of amides is 1. The van der Waals surface area contributed by atoms with Gasteiger partial charge in [-0.3, -0.25) is 9.59 Å². The average Bonchev–Trinajstić information content (AvgIpc) is 2.73. The van der Waals surface area contributed by atoms with Gasteiger partial charge >= 0.3 is 5.97 Å². The van der Waals surface area contributed by atoms with Gasteiger partial charge in [0.25, 0.3) is 0 Å².